The van der Waals surface area contributed by atoms with E-state index in [4.69, 9.17) is 4.74 Å². The van der Waals surface area contributed by atoms with E-state index in [9.17, 15) is 19.5 Å². The summed E-state index contributed by atoms with van der Waals surface area (Å²) in [5.74, 6) is -1.04. The molecule has 2 unspecified atom stereocenters. The fourth-order valence-corrected chi connectivity index (χ4v) is 4.43. The monoisotopic (exact) mass is 545 g/mol. The predicted octanol–water partition coefficient (Wildman–Crippen LogP) is 5.67. The maximum Gasteiger partial charge on any atom is 0.408 e. The zero-order valence-corrected chi connectivity index (χ0v) is 24.0. The molecule has 8 heteroatoms. The molecule has 0 spiro atoms. The lowest BCUT2D eigenvalue weighted by atomic mass is 9.98. The zero-order valence-electron chi connectivity index (χ0n) is 24.0. The number of hydrogen-bond acceptors (Lipinski definition) is 5. The van der Waals surface area contributed by atoms with Crippen LogP contribution in [0.2, 0.25) is 0 Å². The summed E-state index contributed by atoms with van der Waals surface area (Å²) in [7, 11) is 0. The van der Waals surface area contributed by atoms with Crippen LogP contribution in [0.15, 0.2) is 72.8 Å². The van der Waals surface area contributed by atoms with Gasteiger partial charge >= 0.3 is 6.09 Å². The van der Waals surface area contributed by atoms with Crippen molar-refractivity contribution in [2.24, 2.45) is 0 Å². The van der Waals surface area contributed by atoms with Gasteiger partial charge in [-0.1, -0.05) is 66.7 Å². The Kier molecular flexibility index (Phi) is 9.93. The van der Waals surface area contributed by atoms with Crippen molar-refractivity contribution in [3.05, 3.63) is 95.1 Å². The van der Waals surface area contributed by atoms with E-state index >= 15 is 0 Å². The van der Waals surface area contributed by atoms with Gasteiger partial charge in [0.15, 0.2) is 0 Å². The van der Waals surface area contributed by atoms with Gasteiger partial charge in [0, 0.05) is 24.2 Å². The molecular formula is C32H39N3O5. The third-order valence-electron chi connectivity index (χ3n) is 6.42. The summed E-state index contributed by atoms with van der Waals surface area (Å²) in [5.41, 5.74) is 2.37. The molecule has 40 heavy (non-hydrogen) atoms. The molecule has 0 aliphatic rings. The van der Waals surface area contributed by atoms with Gasteiger partial charge in [0.2, 0.25) is 5.91 Å². The van der Waals surface area contributed by atoms with Gasteiger partial charge in [0.05, 0.1) is 0 Å². The second-order valence-electron chi connectivity index (χ2n) is 10.7. The van der Waals surface area contributed by atoms with Crippen LogP contribution in [0.25, 0.3) is 0 Å². The maximum absolute atomic E-state index is 14.2. The minimum absolute atomic E-state index is 0.0709. The Morgan fingerprint density at radius 3 is 2.15 bits per heavy atom. The van der Waals surface area contributed by atoms with Crippen LogP contribution in [0.3, 0.4) is 0 Å². The van der Waals surface area contributed by atoms with Crippen molar-refractivity contribution in [2.75, 3.05) is 11.9 Å². The Balaban J connectivity index is 2.05. The van der Waals surface area contributed by atoms with Gasteiger partial charge in [-0.05, 0) is 64.3 Å². The van der Waals surface area contributed by atoms with E-state index in [0.717, 1.165) is 11.1 Å². The van der Waals surface area contributed by atoms with Gasteiger partial charge in [-0.25, -0.2) is 4.79 Å². The molecule has 3 amide bonds. The van der Waals surface area contributed by atoms with Crippen LogP contribution < -0.4 is 10.6 Å². The second-order valence-corrected chi connectivity index (χ2v) is 10.7. The average molecular weight is 546 g/mol. The molecular weight excluding hydrogens is 506 g/mol. The van der Waals surface area contributed by atoms with Crippen LogP contribution in [0.1, 0.15) is 56.0 Å². The number of aromatic hydroxyl groups is 1. The number of nitrogens with zero attached hydrogens (tertiary/aromatic N) is 1. The third-order valence-corrected chi connectivity index (χ3v) is 6.42. The standard InChI is InChI=1S/C32H39N3O5/c1-7-35(30(38)26(20-23-16-9-8-10-17-23)34-31(39)40-32(4,5)6)27(24-18-13-15-22(3)28(24)36)29(37)33-25-19-12-11-14-21(25)2/h8-19,26-27,36H,7,20H2,1-6H3,(H,33,37)(H,34,39). The van der Waals surface area contributed by atoms with Gasteiger partial charge in [-0.15, -0.1) is 0 Å². The smallest absolute Gasteiger partial charge is 0.408 e. The number of alkyl carbamates (subject to hydrolysis) is 1. The minimum Gasteiger partial charge on any atom is -0.507 e. The Morgan fingerprint density at radius 1 is 0.900 bits per heavy atom. The molecule has 2 atom stereocenters. The van der Waals surface area contributed by atoms with Crippen molar-refractivity contribution in [1.82, 2.24) is 10.2 Å². The normalized spacial score (nSPS) is 12.7. The molecule has 0 saturated carbocycles. The highest BCUT2D eigenvalue weighted by atomic mass is 16.6. The Morgan fingerprint density at radius 2 is 1.52 bits per heavy atom. The van der Waals surface area contributed by atoms with Gasteiger partial charge in [-0.3, -0.25) is 9.59 Å². The lowest BCUT2D eigenvalue weighted by molar-refractivity contribution is -0.140. The molecule has 0 aliphatic heterocycles. The summed E-state index contributed by atoms with van der Waals surface area (Å²) in [6.45, 7) is 10.7. The first kappa shape index (κ1) is 30.2. The molecule has 3 rings (SSSR count). The van der Waals surface area contributed by atoms with Crippen LogP contribution in [-0.2, 0) is 20.7 Å². The lowest BCUT2D eigenvalue weighted by Gasteiger charge is -2.34. The number of phenols is 1. The quantitative estimate of drug-likeness (QED) is 0.321. The number of amides is 3. The topological polar surface area (TPSA) is 108 Å². The number of ether oxygens (including phenoxy) is 1. The van der Waals surface area contributed by atoms with Crippen molar-refractivity contribution < 1.29 is 24.2 Å². The summed E-state index contributed by atoms with van der Waals surface area (Å²) in [6.07, 6.45) is -0.557. The fourth-order valence-electron chi connectivity index (χ4n) is 4.43. The van der Waals surface area contributed by atoms with Gasteiger partial charge in [0.1, 0.15) is 23.4 Å². The minimum atomic E-state index is -1.17. The Labute approximate surface area is 236 Å². The van der Waals surface area contributed by atoms with Crippen LogP contribution >= 0.6 is 0 Å². The number of hydrogen-bond donors (Lipinski definition) is 3. The molecule has 0 radical (unpaired) electrons. The third kappa shape index (κ3) is 7.85. The highest BCUT2D eigenvalue weighted by molar-refractivity contribution is 5.99. The van der Waals surface area contributed by atoms with Crippen molar-refractivity contribution in [3.8, 4) is 5.75 Å². The number of likely N-dealkylation sites (N-methyl/N-ethyl adjacent to an activating group) is 1. The highest BCUT2D eigenvalue weighted by Gasteiger charge is 2.37. The largest absolute Gasteiger partial charge is 0.507 e. The lowest BCUT2D eigenvalue weighted by Crippen LogP contribution is -2.53. The highest BCUT2D eigenvalue weighted by Crippen LogP contribution is 2.33. The summed E-state index contributed by atoms with van der Waals surface area (Å²) >= 11 is 0. The molecule has 0 aliphatic carbocycles. The van der Waals surface area contributed by atoms with Crippen molar-refractivity contribution in [2.45, 2.75) is 65.6 Å². The number of para-hydroxylation sites is 2. The molecule has 0 heterocycles. The fraction of sp³-hybridized carbons (Fsp3) is 0.344. The second kappa shape index (κ2) is 13.2. The Bertz CT molecular complexity index is 1330. The van der Waals surface area contributed by atoms with Crippen molar-refractivity contribution >= 4 is 23.6 Å². The summed E-state index contributed by atoms with van der Waals surface area (Å²) < 4.78 is 5.45. The van der Waals surface area contributed by atoms with Crippen LogP contribution in [0.4, 0.5) is 10.5 Å². The number of phenolic OH excluding ortho intramolecular Hbond substituents is 1. The summed E-state index contributed by atoms with van der Waals surface area (Å²) in [5, 5.41) is 16.7. The number of rotatable bonds is 9. The first-order chi connectivity index (χ1) is 18.9. The number of nitrogens with one attached hydrogen (secondary N) is 2. The van der Waals surface area contributed by atoms with Crippen LogP contribution in [0, 0.1) is 13.8 Å². The molecule has 212 valence electrons. The first-order valence-electron chi connectivity index (χ1n) is 13.4. The maximum atomic E-state index is 14.2. The Hall–Kier alpha value is -4.33. The van der Waals surface area contributed by atoms with Crippen molar-refractivity contribution in [3.63, 3.8) is 0 Å². The molecule has 3 N–H and O–H groups in total. The summed E-state index contributed by atoms with van der Waals surface area (Å²) in [6, 6.07) is 19.5. The van der Waals surface area contributed by atoms with Gasteiger partial charge < -0.3 is 25.4 Å². The van der Waals surface area contributed by atoms with E-state index in [1.807, 2.05) is 55.5 Å². The molecule has 0 aromatic heterocycles. The van der Waals surface area contributed by atoms with Gasteiger partial charge in [0.25, 0.3) is 5.91 Å². The molecule has 0 saturated heterocycles. The number of aryl methyl sites for hydroxylation is 2. The number of carbonyl (C=O) groups is 3. The molecule has 8 nitrogen and oxygen atoms in total. The molecule has 0 fully saturated rings. The first-order valence-corrected chi connectivity index (χ1v) is 13.4. The van der Waals surface area contributed by atoms with Crippen LogP contribution in [-0.4, -0.2) is 46.1 Å². The zero-order chi connectivity index (χ0) is 29.4. The number of carbonyl (C=O) groups excluding carboxylic acids is 3. The van der Waals surface area contributed by atoms with E-state index in [1.165, 1.54) is 4.90 Å². The van der Waals surface area contributed by atoms with E-state index in [-0.39, 0.29) is 24.3 Å². The average Bonchev–Trinajstić information content (AvgIpc) is 2.89. The number of benzene rings is 3. The van der Waals surface area contributed by atoms with Gasteiger partial charge in [-0.2, -0.15) is 0 Å². The molecule has 0 bridgehead atoms. The molecule has 3 aromatic rings. The predicted molar refractivity (Wildman–Crippen MR) is 156 cm³/mol. The SMILES string of the molecule is CCN(C(=O)C(Cc1ccccc1)NC(=O)OC(C)(C)C)C(C(=O)Nc1ccccc1C)c1cccc(C)c1O. The van der Waals surface area contributed by atoms with E-state index < -0.39 is 35.6 Å². The summed E-state index contributed by atoms with van der Waals surface area (Å²) in [4.78, 5) is 42.3. The van der Waals surface area contributed by atoms with Crippen LogP contribution in [0.5, 0.6) is 5.75 Å². The number of anilines is 1. The molecule has 3 aromatic carbocycles. The van der Waals surface area contributed by atoms with E-state index in [1.54, 1.807) is 58.9 Å². The van der Waals surface area contributed by atoms with E-state index in [0.29, 0.717) is 11.3 Å². The van der Waals surface area contributed by atoms with Crippen molar-refractivity contribution in [1.29, 1.82) is 0 Å². The van der Waals surface area contributed by atoms with E-state index in [2.05, 4.69) is 10.6 Å².